The Hall–Kier alpha value is -2.68. The zero-order chi connectivity index (χ0) is 17.2. The Morgan fingerprint density at radius 1 is 1.21 bits per heavy atom. The van der Waals surface area contributed by atoms with Crippen LogP contribution in [0, 0.1) is 0 Å². The number of nitrogens with zero attached hydrogens (tertiary/aromatic N) is 4. The van der Waals surface area contributed by atoms with E-state index in [0.29, 0.717) is 17.9 Å². The molecule has 6 nitrogen and oxygen atoms in total. The fourth-order valence-electron chi connectivity index (χ4n) is 2.17. The van der Waals surface area contributed by atoms with Crippen LogP contribution in [0.15, 0.2) is 47.8 Å². The topological polar surface area (TPSA) is 62.6 Å². The maximum absolute atomic E-state index is 12.6. The van der Waals surface area contributed by atoms with Gasteiger partial charge in [0.2, 0.25) is 0 Å². The third-order valence-corrected chi connectivity index (χ3v) is 3.36. The van der Waals surface area contributed by atoms with Gasteiger partial charge in [0.1, 0.15) is 5.82 Å². The molecule has 0 aliphatic carbocycles. The van der Waals surface area contributed by atoms with Gasteiger partial charge in [-0.25, -0.2) is 9.98 Å². The molecule has 1 aliphatic rings. The molecule has 3 rings (SSSR count). The molecule has 1 aliphatic heterocycles. The van der Waals surface area contributed by atoms with E-state index in [1.54, 1.807) is 24.5 Å². The first-order valence-electron chi connectivity index (χ1n) is 7.08. The number of anilines is 1. The van der Waals surface area contributed by atoms with Gasteiger partial charge >= 0.3 is 12.1 Å². The second-order valence-electron chi connectivity index (χ2n) is 5.13. The number of aromatic nitrogens is 2. The van der Waals surface area contributed by atoms with E-state index >= 15 is 0 Å². The minimum absolute atomic E-state index is 0.506. The molecule has 1 N–H and O–H groups in total. The Kier molecular flexibility index (Phi) is 4.34. The molecular formula is C15H14F3N5O. The van der Waals surface area contributed by atoms with Crippen LogP contribution in [0.3, 0.4) is 0 Å². The van der Waals surface area contributed by atoms with Crippen LogP contribution in [0.25, 0.3) is 0 Å². The molecule has 3 heterocycles. The summed E-state index contributed by atoms with van der Waals surface area (Å²) in [6, 6.07) is 7.10. The second kappa shape index (κ2) is 6.44. The van der Waals surface area contributed by atoms with E-state index in [-0.39, 0.29) is 0 Å². The number of alkyl halides is 3. The zero-order valence-corrected chi connectivity index (χ0v) is 12.7. The van der Waals surface area contributed by atoms with Crippen LogP contribution in [0.2, 0.25) is 0 Å². The minimum atomic E-state index is -4.61. The van der Waals surface area contributed by atoms with Gasteiger partial charge in [-0.3, -0.25) is 4.98 Å². The Labute approximate surface area is 136 Å². The van der Waals surface area contributed by atoms with Crippen LogP contribution in [0.4, 0.5) is 19.0 Å². The quantitative estimate of drug-likeness (QED) is 0.929. The van der Waals surface area contributed by atoms with Crippen LogP contribution in [-0.2, 0) is 11.4 Å². The van der Waals surface area contributed by atoms with Crippen LogP contribution < -0.4 is 5.32 Å². The smallest absolute Gasteiger partial charge is 0.378 e. The summed E-state index contributed by atoms with van der Waals surface area (Å²) in [6.45, 7) is 0.567. The summed E-state index contributed by atoms with van der Waals surface area (Å²) < 4.78 is 37.9. The standard InChI is InChI=1S/C15H14F3N5O/c1-23-13(22-14(24-23)15(16,17)18)11-2-3-12(21-9-11)20-8-10-4-6-19-7-5-10/h2-7,9,13H,8H2,1H3,(H,20,21). The highest BCUT2D eigenvalue weighted by Crippen LogP contribution is 2.32. The van der Waals surface area contributed by atoms with Crippen molar-refractivity contribution in [3.63, 3.8) is 0 Å². The number of hydrogen-bond donors (Lipinski definition) is 1. The third kappa shape index (κ3) is 3.62. The molecule has 24 heavy (non-hydrogen) atoms. The van der Waals surface area contributed by atoms with Gasteiger partial charge in [-0.2, -0.15) is 13.2 Å². The largest absolute Gasteiger partial charge is 0.470 e. The summed E-state index contributed by atoms with van der Waals surface area (Å²) in [5.74, 6) is -0.646. The van der Waals surface area contributed by atoms with E-state index in [9.17, 15) is 13.2 Å². The number of aliphatic imine (C=N–C) groups is 1. The van der Waals surface area contributed by atoms with Crippen molar-refractivity contribution < 1.29 is 18.0 Å². The lowest BCUT2D eigenvalue weighted by Gasteiger charge is -2.16. The second-order valence-corrected chi connectivity index (χ2v) is 5.13. The van der Waals surface area contributed by atoms with E-state index in [4.69, 9.17) is 0 Å². The Balaban J connectivity index is 1.67. The number of pyridine rings is 2. The van der Waals surface area contributed by atoms with E-state index in [0.717, 1.165) is 10.6 Å². The molecule has 2 aromatic rings. The van der Waals surface area contributed by atoms with Crippen molar-refractivity contribution in [1.29, 1.82) is 0 Å². The number of rotatable bonds is 4. The van der Waals surface area contributed by atoms with Gasteiger partial charge in [-0.05, 0) is 23.8 Å². The molecule has 0 saturated heterocycles. The monoisotopic (exact) mass is 337 g/mol. The van der Waals surface area contributed by atoms with Gasteiger partial charge in [0.15, 0.2) is 6.17 Å². The lowest BCUT2D eigenvalue weighted by Crippen LogP contribution is -2.27. The van der Waals surface area contributed by atoms with Crippen molar-refractivity contribution in [3.8, 4) is 0 Å². The Bertz CT molecular complexity index is 718. The number of nitrogens with one attached hydrogen (secondary N) is 1. The van der Waals surface area contributed by atoms with E-state index < -0.39 is 18.2 Å². The fraction of sp³-hybridized carbons (Fsp3) is 0.267. The SMILES string of the molecule is CN1OC(C(F)(F)F)=NC1c1ccc(NCc2ccncc2)nc1. The van der Waals surface area contributed by atoms with Crippen molar-refractivity contribution in [3.05, 3.63) is 54.0 Å². The molecule has 126 valence electrons. The number of halogens is 3. The molecule has 0 saturated carbocycles. The van der Waals surface area contributed by atoms with Gasteiger partial charge in [0.05, 0.1) is 0 Å². The van der Waals surface area contributed by atoms with Crippen molar-refractivity contribution in [1.82, 2.24) is 15.0 Å². The van der Waals surface area contributed by atoms with Gasteiger partial charge < -0.3 is 10.2 Å². The molecule has 0 amide bonds. The minimum Gasteiger partial charge on any atom is -0.378 e. The first-order valence-corrected chi connectivity index (χ1v) is 7.08. The van der Waals surface area contributed by atoms with Crippen molar-refractivity contribution in [2.24, 2.45) is 4.99 Å². The van der Waals surface area contributed by atoms with Crippen LogP contribution in [0.1, 0.15) is 17.3 Å². The molecule has 1 atom stereocenters. The summed E-state index contributed by atoms with van der Waals surface area (Å²) in [4.78, 5) is 16.3. The van der Waals surface area contributed by atoms with E-state index in [2.05, 4.69) is 25.1 Å². The lowest BCUT2D eigenvalue weighted by atomic mass is 10.2. The molecule has 0 radical (unpaired) electrons. The predicted octanol–water partition coefficient (Wildman–Crippen LogP) is 2.93. The van der Waals surface area contributed by atoms with Gasteiger partial charge in [-0.15, -0.1) is 5.06 Å². The van der Waals surface area contributed by atoms with Gasteiger partial charge in [0, 0.05) is 37.7 Å². The molecular weight excluding hydrogens is 323 g/mol. The van der Waals surface area contributed by atoms with E-state index in [1.807, 2.05) is 12.1 Å². The Morgan fingerprint density at radius 3 is 2.54 bits per heavy atom. The average Bonchev–Trinajstić information content (AvgIpc) is 2.97. The summed E-state index contributed by atoms with van der Waals surface area (Å²) in [6.07, 6.45) is -0.618. The van der Waals surface area contributed by atoms with Crippen molar-refractivity contribution in [2.45, 2.75) is 18.9 Å². The normalized spacial score (nSPS) is 18.2. The highest BCUT2D eigenvalue weighted by atomic mass is 19.4. The maximum Gasteiger partial charge on any atom is 0.470 e. The van der Waals surface area contributed by atoms with Crippen LogP contribution in [-0.4, -0.2) is 34.2 Å². The zero-order valence-electron chi connectivity index (χ0n) is 12.7. The summed E-state index contributed by atoms with van der Waals surface area (Å²) in [7, 11) is 1.39. The predicted molar refractivity (Wildman–Crippen MR) is 80.9 cm³/mol. The Morgan fingerprint density at radius 2 is 1.96 bits per heavy atom. The highest BCUT2D eigenvalue weighted by molar-refractivity contribution is 5.82. The number of hydroxylamine groups is 2. The molecule has 1 unspecified atom stereocenters. The molecule has 2 aromatic heterocycles. The van der Waals surface area contributed by atoms with Crippen LogP contribution in [0.5, 0.6) is 0 Å². The van der Waals surface area contributed by atoms with Gasteiger partial charge in [0.25, 0.3) is 0 Å². The van der Waals surface area contributed by atoms with Crippen molar-refractivity contribution in [2.75, 3.05) is 12.4 Å². The summed E-state index contributed by atoms with van der Waals surface area (Å²) >= 11 is 0. The summed E-state index contributed by atoms with van der Waals surface area (Å²) in [5, 5.41) is 4.17. The molecule has 0 aromatic carbocycles. The maximum atomic E-state index is 12.6. The van der Waals surface area contributed by atoms with Gasteiger partial charge in [-0.1, -0.05) is 6.07 Å². The van der Waals surface area contributed by atoms with E-state index in [1.165, 1.54) is 13.2 Å². The first kappa shape index (κ1) is 16.2. The highest BCUT2D eigenvalue weighted by Gasteiger charge is 2.45. The lowest BCUT2D eigenvalue weighted by molar-refractivity contribution is -0.122. The first-order chi connectivity index (χ1) is 11.4. The van der Waals surface area contributed by atoms with Crippen molar-refractivity contribution >= 4 is 11.7 Å². The molecule has 9 heteroatoms. The number of hydrogen-bond acceptors (Lipinski definition) is 6. The third-order valence-electron chi connectivity index (χ3n) is 3.36. The fourth-order valence-corrected chi connectivity index (χ4v) is 2.17. The van der Waals surface area contributed by atoms with Crippen LogP contribution >= 0.6 is 0 Å². The molecule has 0 spiro atoms. The summed E-state index contributed by atoms with van der Waals surface area (Å²) in [5.41, 5.74) is 1.55. The molecule has 0 bridgehead atoms. The molecule has 0 fully saturated rings. The average molecular weight is 337 g/mol.